The summed E-state index contributed by atoms with van der Waals surface area (Å²) in [6.45, 7) is 8.69. The summed E-state index contributed by atoms with van der Waals surface area (Å²) in [5.41, 5.74) is 0.573. The molecule has 2 saturated heterocycles. The molecule has 3 nitrogen and oxygen atoms in total. The molecule has 0 radical (unpaired) electrons. The van der Waals surface area contributed by atoms with Gasteiger partial charge in [-0.05, 0) is 58.3 Å². The highest BCUT2D eigenvalue weighted by atomic mass is 15.2. The van der Waals surface area contributed by atoms with E-state index < -0.39 is 0 Å². The van der Waals surface area contributed by atoms with Gasteiger partial charge in [0.1, 0.15) is 0 Å². The largest absolute Gasteiger partial charge is 0.316 e. The molecule has 2 fully saturated rings. The molecular formula is C15H31N3. The van der Waals surface area contributed by atoms with Crippen LogP contribution in [0.1, 0.15) is 39.0 Å². The molecule has 0 aromatic carbocycles. The fourth-order valence-electron chi connectivity index (χ4n) is 3.92. The van der Waals surface area contributed by atoms with E-state index in [-0.39, 0.29) is 0 Å². The van der Waals surface area contributed by atoms with Gasteiger partial charge in [-0.15, -0.1) is 0 Å². The first-order chi connectivity index (χ1) is 8.65. The van der Waals surface area contributed by atoms with Crippen LogP contribution in [0.2, 0.25) is 0 Å². The van der Waals surface area contributed by atoms with Crippen molar-refractivity contribution in [3.63, 3.8) is 0 Å². The molecule has 0 saturated carbocycles. The van der Waals surface area contributed by atoms with Crippen molar-refractivity contribution in [2.75, 3.05) is 46.8 Å². The van der Waals surface area contributed by atoms with Crippen LogP contribution in [0.5, 0.6) is 0 Å². The Morgan fingerprint density at radius 2 is 2.22 bits per heavy atom. The Bertz CT molecular complexity index is 246. The molecule has 106 valence electrons. The summed E-state index contributed by atoms with van der Waals surface area (Å²) in [5.74, 6) is 0. The van der Waals surface area contributed by atoms with E-state index in [0.717, 1.165) is 6.04 Å². The third kappa shape index (κ3) is 3.46. The van der Waals surface area contributed by atoms with Gasteiger partial charge in [-0.3, -0.25) is 4.90 Å². The molecule has 2 rings (SSSR count). The average molecular weight is 253 g/mol. The van der Waals surface area contributed by atoms with E-state index in [2.05, 4.69) is 36.1 Å². The predicted octanol–water partition coefficient (Wildman–Crippen LogP) is 1.79. The minimum atomic E-state index is 0.573. The molecule has 0 amide bonds. The zero-order chi connectivity index (χ0) is 13.0. The van der Waals surface area contributed by atoms with Gasteiger partial charge in [0, 0.05) is 25.7 Å². The van der Waals surface area contributed by atoms with Crippen LogP contribution < -0.4 is 5.32 Å². The van der Waals surface area contributed by atoms with Crippen LogP contribution >= 0.6 is 0 Å². The van der Waals surface area contributed by atoms with E-state index in [1.54, 1.807) is 0 Å². The molecule has 1 N–H and O–H groups in total. The SMILES string of the molecule is CCCC1(CN2CCCC2CN(C)C)CCNC1. The van der Waals surface area contributed by atoms with Gasteiger partial charge < -0.3 is 10.2 Å². The smallest absolute Gasteiger partial charge is 0.0223 e. The van der Waals surface area contributed by atoms with Crippen LogP contribution in [0.3, 0.4) is 0 Å². The molecule has 2 atom stereocenters. The quantitative estimate of drug-likeness (QED) is 0.778. The summed E-state index contributed by atoms with van der Waals surface area (Å²) < 4.78 is 0. The van der Waals surface area contributed by atoms with Crippen molar-refractivity contribution in [2.45, 2.75) is 45.1 Å². The molecule has 0 bridgehead atoms. The third-order valence-electron chi connectivity index (χ3n) is 4.73. The predicted molar refractivity (Wildman–Crippen MR) is 78.0 cm³/mol. The normalized spacial score (nSPS) is 33.7. The van der Waals surface area contributed by atoms with E-state index in [9.17, 15) is 0 Å². The molecule has 0 spiro atoms. The third-order valence-corrected chi connectivity index (χ3v) is 4.73. The Morgan fingerprint density at radius 3 is 2.83 bits per heavy atom. The lowest BCUT2D eigenvalue weighted by molar-refractivity contribution is 0.126. The van der Waals surface area contributed by atoms with Gasteiger partial charge in [0.05, 0.1) is 0 Å². The number of likely N-dealkylation sites (tertiary alicyclic amines) is 1. The molecule has 2 aliphatic heterocycles. The van der Waals surface area contributed by atoms with Crippen molar-refractivity contribution in [2.24, 2.45) is 5.41 Å². The molecule has 2 unspecified atom stereocenters. The van der Waals surface area contributed by atoms with Gasteiger partial charge in [0.2, 0.25) is 0 Å². The number of nitrogens with zero attached hydrogens (tertiary/aromatic N) is 2. The van der Waals surface area contributed by atoms with Gasteiger partial charge in [-0.25, -0.2) is 0 Å². The monoisotopic (exact) mass is 253 g/mol. The lowest BCUT2D eigenvalue weighted by Gasteiger charge is -2.36. The van der Waals surface area contributed by atoms with E-state index >= 15 is 0 Å². The second-order valence-electron chi connectivity index (χ2n) is 6.71. The second-order valence-corrected chi connectivity index (χ2v) is 6.71. The molecule has 2 heterocycles. The molecule has 18 heavy (non-hydrogen) atoms. The molecule has 0 aliphatic carbocycles. The number of rotatable bonds is 6. The van der Waals surface area contributed by atoms with Gasteiger partial charge in [-0.2, -0.15) is 0 Å². The highest BCUT2D eigenvalue weighted by Gasteiger charge is 2.37. The lowest BCUT2D eigenvalue weighted by atomic mass is 9.82. The van der Waals surface area contributed by atoms with Crippen LogP contribution in [0.4, 0.5) is 0 Å². The molecule has 0 aromatic heterocycles. The highest BCUT2D eigenvalue weighted by Crippen LogP contribution is 2.34. The number of likely N-dealkylation sites (N-methyl/N-ethyl adjacent to an activating group) is 1. The van der Waals surface area contributed by atoms with Crippen molar-refractivity contribution in [1.82, 2.24) is 15.1 Å². The highest BCUT2D eigenvalue weighted by molar-refractivity contribution is 4.93. The first-order valence-electron chi connectivity index (χ1n) is 7.75. The summed E-state index contributed by atoms with van der Waals surface area (Å²) >= 11 is 0. The van der Waals surface area contributed by atoms with Crippen molar-refractivity contribution in [3.05, 3.63) is 0 Å². The van der Waals surface area contributed by atoms with E-state index in [1.807, 2.05) is 0 Å². The van der Waals surface area contributed by atoms with E-state index in [4.69, 9.17) is 0 Å². The van der Waals surface area contributed by atoms with Crippen molar-refractivity contribution in [3.8, 4) is 0 Å². The minimum Gasteiger partial charge on any atom is -0.316 e. The Hall–Kier alpha value is -0.120. The van der Waals surface area contributed by atoms with Crippen molar-refractivity contribution in [1.29, 1.82) is 0 Å². The summed E-state index contributed by atoms with van der Waals surface area (Å²) in [6, 6.07) is 0.800. The van der Waals surface area contributed by atoms with Crippen molar-refractivity contribution < 1.29 is 0 Å². The fraction of sp³-hybridized carbons (Fsp3) is 1.00. The van der Waals surface area contributed by atoms with Crippen LogP contribution in [0.25, 0.3) is 0 Å². The minimum absolute atomic E-state index is 0.573. The van der Waals surface area contributed by atoms with E-state index in [0.29, 0.717) is 5.41 Å². The van der Waals surface area contributed by atoms with Crippen LogP contribution in [-0.2, 0) is 0 Å². The fourth-order valence-corrected chi connectivity index (χ4v) is 3.92. The van der Waals surface area contributed by atoms with Gasteiger partial charge in [0.25, 0.3) is 0 Å². The molecule has 0 aromatic rings. The van der Waals surface area contributed by atoms with Crippen LogP contribution in [-0.4, -0.2) is 62.7 Å². The van der Waals surface area contributed by atoms with Gasteiger partial charge in [-0.1, -0.05) is 13.3 Å². The first-order valence-corrected chi connectivity index (χ1v) is 7.75. The topological polar surface area (TPSA) is 18.5 Å². The Balaban J connectivity index is 1.93. The van der Waals surface area contributed by atoms with Gasteiger partial charge >= 0.3 is 0 Å². The first kappa shape index (κ1) is 14.3. The maximum absolute atomic E-state index is 3.59. The van der Waals surface area contributed by atoms with Crippen LogP contribution in [0.15, 0.2) is 0 Å². The van der Waals surface area contributed by atoms with Crippen LogP contribution in [0, 0.1) is 5.41 Å². The van der Waals surface area contributed by atoms with Crippen molar-refractivity contribution >= 4 is 0 Å². The number of nitrogens with one attached hydrogen (secondary N) is 1. The molecule has 3 heteroatoms. The standard InChI is InChI=1S/C15H31N3/c1-4-7-15(8-9-16-12-15)13-18-10-5-6-14(18)11-17(2)3/h14,16H,4-13H2,1-3H3. The number of hydrogen-bond acceptors (Lipinski definition) is 3. The Kier molecular flexibility index (Phi) is 5.05. The molecular weight excluding hydrogens is 222 g/mol. The maximum Gasteiger partial charge on any atom is 0.0223 e. The summed E-state index contributed by atoms with van der Waals surface area (Å²) in [4.78, 5) is 5.13. The second kappa shape index (κ2) is 6.36. The van der Waals surface area contributed by atoms with E-state index in [1.165, 1.54) is 64.8 Å². The zero-order valence-corrected chi connectivity index (χ0v) is 12.5. The Morgan fingerprint density at radius 1 is 1.39 bits per heavy atom. The number of hydrogen-bond donors (Lipinski definition) is 1. The zero-order valence-electron chi connectivity index (χ0n) is 12.5. The van der Waals surface area contributed by atoms with Gasteiger partial charge in [0.15, 0.2) is 0 Å². The summed E-state index contributed by atoms with van der Waals surface area (Å²) in [7, 11) is 4.41. The summed E-state index contributed by atoms with van der Waals surface area (Å²) in [5, 5.41) is 3.59. The Labute approximate surface area is 113 Å². The maximum atomic E-state index is 3.59. The average Bonchev–Trinajstić information content (AvgIpc) is 2.90. The molecule has 2 aliphatic rings. The summed E-state index contributed by atoms with van der Waals surface area (Å²) in [6.07, 6.45) is 6.90. The lowest BCUT2D eigenvalue weighted by Crippen LogP contribution is -2.45.